The molecule has 8 heteroatoms. The zero-order valence-corrected chi connectivity index (χ0v) is 17.7. The normalized spacial score (nSPS) is 15.8. The Morgan fingerprint density at radius 2 is 1.90 bits per heavy atom. The predicted molar refractivity (Wildman–Crippen MR) is 117 cm³/mol. The van der Waals surface area contributed by atoms with E-state index in [2.05, 4.69) is 10.2 Å². The van der Waals surface area contributed by atoms with Gasteiger partial charge in [0.2, 0.25) is 0 Å². The third kappa shape index (κ3) is 3.35. The van der Waals surface area contributed by atoms with E-state index < -0.39 is 0 Å². The summed E-state index contributed by atoms with van der Waals surface area (Å²) in [5.74, 6) is 0.557. The van der Waals surface area contributed by atoms with Crippen LogP contribution >= 0.6 is 23.2 Å². The first-order valence-electron chi connectivity index (χ1n) is 9.97. The second kappa shape index (κ2) is 7.95. The number of benzene rings is 2. The van der Waals surface area contributed by atoms with Crippen molar-refractivity contribution in [2.24, 2.45) is 0 Å². The summed E-state index contributed by atoms with van der Waals surface area (Å²) in [5, 5.41) is 12.1. The lowest BCUT2D eigenvalue weighted by molar-refractivity contribution is 0.0865. The molecule has 0 aliphatic carbocycles. The number of para-hydroxylation sites is 1. The van der Waals surface area contributed by atoms with Gasteiger partial charge in [0, 0.05) is 29.2 Å². The van der Waals surface area contributed by atoms with Crippen LogP contribution in [0.5, 0.6) is 5.75 Å². The SMILES string of the molecule is O=C(c1[nH]nc2c1COc1ccccc1-2)N(c1ccc(Cl)cc1Cl)N1CCCCC1. The topological polar surface area (TPSA) is 61.5 Å². The molecule has 3 aromatic rings. The van der Waals surface area contributed by atoms with Gasteiger partial charge >= 0.3 is 0 Å². The highest BCUT2D eigenvalue weighted by atomic mass is 35.5. The van der Waals surface area contributed by atoms with Crippen molar-refractivity contribution in [3.8, 4) is 17.0 Å². The molecule has 1 amide bonds. The lowest BCUT2D eigenvalue weighted by Crippen LogP contribution is -2.49. The second-order valence-corrected chi connectivity index (χ2v) is 8.28. The lowest BCUT2D eigenvalue weighted by Gasteiger charge is -2.37. The Kier molecular flexibility index (Phi) is 5.15. The van der Waals surface area contributed by atoms with Crippen LogP contribution in [-0.4, -0.2) is 34.2 Å². The standard InChI is InChI=1S/C22H20Cl2N4O2/c23-14-8-9-18(17(24)12-14)28(27-10-4-1-5-11-27)22(29)21-16-13-30-19-7-3-2-6-15(19)20(16)25-26-21/h2-3,6-9,12H,1,4-5,10-11,13H2,(H,25,26). The molecule has 2 aliphatic heterocycles. The zero-order valence-electron chi connectivity index (χ0n) is 16.2. The molecule has 1 fully saturated rings. The summed E-state index contributed by atoms with van der Waals surface area (Å²) >= 11 is 12.6. The first kappa shape index (κ1) is 19.4. The third-order valence-electron chi connectivity index (χ3n) is 5.54. The summed E-state index contributed by atoms with van der Waals surface area (Å²) in [6, 6.07) is 12.9. The van der Waals surface area contributed by atoms with Crippen molar-refractivity contribution in [2.45, 2.75) is 25.9 Å². The summed E-state index contributed by atoms with van der Waals surface area (Å²) in [6.45, 7) is 1.84. The largest absolute Gasteiger partial charge is 0.488 e. The molecule has 1 saturated heterocycles. The fourth-order valence-corrected chi connectivity index (χ4v) is 4.56. The predicted octanol–water partition coefficient (Wildman–Crippen LogP) is 5.32. The number of carbonyl (C=O) groups excluding carboxylic acids is 1. The number of nitrogens with zero attached hydrogens (tertiary/aromatic N) is 3. The van der Waals surface area contributed by atoms with Crippen molar-refractivity contribution in [3.05, 3.63) is 63.8 Å². The highest BCUT2D eigenvalue weighted by Crippen LogP contribution is 2.38. The molecule has 0 bridgehead atoms. The Balaban J connectivity index is 1.58. The van der Waals surface area contributed by atoms with Crippen LogP contribution in [0.4, 0.5) is 5.69 Å². The van der Waals surface area contributed by atoms with Crippen LogP contribution in [0.25, 0.3) is 11.3 Å². The smallest absolute Gasteiger partial charge is 0.291 e. The van der Waals surface area contributed by atoms with Gasteiger partial charge in [0.1, 0.15) is 23.7 Å². The first-order valence-corrected chi connectivity index (χ1v) is 10.7. The number of hydrogen-bond donors (Lipinski definition) is 1. The monoisotopic (exact) mass is 442 g/mol. The molecule has 0 unspecified atom stereocenters. The lowest BCUT2D eigenvalue weighted by atomic mass is 10.0. The van der Waals surface area contributed by atoms with Gasteiger partial charge in [-0.25, -0.2) is 10.0 Å². The number of rotatable bonds is 3. The third-order valence-corrected chi connectivity index (χ3v) is 6.08. The van der Waals surface area contributed by atoms with E-state index in [9.17, 15) is 4.79 Å². The van der Waals surface area contributed by atoms with Gasteiger partial charge in [-0.05, 0) is 43.2 Å². The summed E-state index contributed by atoms with van der Waals surface area (Å²) in [4.78, 5) is 13.8. The number of aromatic amines is 1. The number of H-pyrrole nitrogens is 1. The molecular formula is C22H20Cl2N4O2. The van der Waals surface area contributed by atoms with Gasteiger partial charge in [-0.2, -0.15) is 5.10 Å². The summed E-state index contributed by atoms with van der Waals surface area (Å²) in [5.41, 5.74) is 3.40. The van der Waals surface area contributed by atoms with Crippen molar-refractivity contribution in [2.75, 3.05) is 18.1 Å². The van der Waals surface area contributed by atoms with Crippen molar-refractivity contribution >= 4 is 34.8 Å². The fourth-order valence-electron chi connectivity index (χ4n) is 4.07. The average Bonchev–Trinajstić information content (AvgIpc) is 3.21. The van der Waals surface area contributed by atoms with Gasteiger partial charge in [-0.15, -0.1) is 0 Å². The molecule has 0 spiro atoms. The minimum Gasteiger partial charge on any atom is -0.488 e. The molecule has 1 aromatic heterocycles. The van der Waals surface area contributed by atoms with Gasteiger partial charge in [-0.3, -0.25) is 9.89 Å². The maximum Gasteiger partial charge on any atom is 0.291 e. The number of nitrogens with one attached hydrogen (secondary N) is 1. The molecule has 5 rings (SSSR count). The Morgan fingerprint density at radius 1 is 1.10 bits per heavy atom. The number of piperidine rings is 1. The van der Waals surface area contributed by atoms with Crippen molar-refractivity contribution < 1.29 is 9.53 Å². The van der Waals surface area contributed by atoms with E-state index in [-0.39, 0.29) is 12.5 Å². The number of fused-ring (bicyclic) bond motifs is 3. The summed E-state index contributed by atoms with van der Waals surface area (Å²) in [6.07, 6.45) is 3.19. The average molecular weight is 443 g/mol. The van der Waals surface area contributed by atoms with Crippen LogP contribution in [0, 0.1) is 0 Å². The molecular weight excluding hydrogens is 423 g/mol. The van der Waals surface area contributed by atoms with Gasteiger partial charge in [0.15, 0.2) is 0 Å². The van der Waals surface area contributed by atoms with E-state index in [0.717, 1.165) is 54.9 Å². The number of anilines is 1. The Hall–Kier alpha value is -2.54. The van der Waals surface area contributed by atoms with Crippen LogP contribution in [0.2, 0.25) is 10.0 Å². The van der Waals surface area contributed by atoms with Crippen molar-refractivity contribution in [3.63, 3.8) is 0 Å². The van der Waals surface area contributed by atoms with Crippen LogP contribution in [0.1, 0.15) is 35.3 Å². The zero-order chi connectivity index (χ0) is 20.7. The number of ether oxygens (including phenoxy) is 1. The number of hydrogen-bond acceptors (Lipinski definition) is 4. The van der Waals surface area contributed by atoms with E-state index >= 15 is 0 Å². The van der Waals surface area contributed by atoms with E-state index in [1.807, 2.05) is 29.3 Å². The number of halogens is 2. The molecule has 0 atom stereocenters. The number of carbonyl (C=O) groups is 1. The molecule has 30 heavy (non-hydrogen) atoms. The first-order chi connectivity index (χ1) is 14.6. The summed E-state index contributed by atoms with van der Waals surface area (Å²) in [7, 11) is 0. The van der Waals surface area contributed by atoms with Gasteiger partial charge in [-0.1, -0.05) is 41.8 Å². The summed E-state index contributed by atoms with van der Waals surface area (Å²) < 4.78 is 5.88. The molecule has 1 N–H and O–H groups in total. The fraction of sp³-hybridized carbons (Fsp3) is 0.273. The van der Waals surface area contributed by atoms with E-state index in [1.165, 1.54) is 0 Å². The van der Waals surface area contributed by atoms with Gasteiger partial charge in [0.25, 0.3) is 5.91 Å². The highest BCUT2D eigenvalue weighted by molar-refractivity contribution is 6.37. The van der Waals surface area contributed by atoms with Crippen molar-refractivity contribution in [1.82, 2.24) is 15.2 Å². The van der Waals surface area contributed by atoms with Crippen LogP contribution in [0.3, 0.4) is 0 Å². The molecule has 0 radical (unpaired) electrons. The number of amides is 1. The van der Waals surface area contributed by atoms with Crippen LogP contribution < -0.4 is 9.75 Å². The molecule has 3 heterocycles. The van der Waals surface area contributed by atoms with Crippen LogP contribution in [-0.2, 0) is 6.61 Å². The molecule has 2 aliphatic rings. The molecule has 2 aromatic carbocycles. The molecule has 0 saturated carbocycles. The van der Waals surface area contributed by atoms with Gasteiger partial charge < -0.3 is 4.74 Å². The maximum atomic E-state index is 13.8. The Morgan fingerprint density at radius 3 is 2.70 bits per heavy atom. The van der Waals surface area contributed by atoms with E-state index in [4.69, 9.17) is 27.9 Å². The quantitative estimate of drug-likeness (QED) is 0.595. The maximum absolute atomic E-state index is 13.8. The van der Waals surface area contributed by atoms with Crippen molar-refractivity contribution in [1.29, 1.82) is 0 Å². The van der Waals surface area contributed by atoms with E-state index in [0.29, 0.717) is 21.4 Å². The number of hydrazine groups is 1. The van der Waals surface area contributed by atoms with Gasteiger partial charge in [0.05, 0.1) is 10.7 Å². The Labute approximate surface area is 184 Å². The van der Waals surface area contributed by atoms with Crippen LogP contribution in [0.15, 0.2) is 42.5 Å². The number of aromatic nitrogens is 2. The minimum absolute atomic E-state index is 0.210. The van der Waals surface area contributed by atoms with E-state index in [1.54, 1.807) is 23.2 Å². The molecule has 6 nitrogen and oxygen atoms in total. The highest BCUT2D eigenvalue weighted by Gasteiger charge is 2.33. The second-order valence-electron chi connectivity index (χ2n) is 7.44. The minimum atomic E-state index is -0.210. The molecule has 154 valence electrons. The Bertz CT molecular complexity index is 1110.